The summed E-state index contributed by atoms with van der Waals surface area (Å²) in [6.07, 6.45) is -9.01. The summed E-state index contributed by atoms with van der Waals surface area (Å²) in [7, 11) is 0. The number of alkyl halides is 6. The summed E-state index contributed by atoms with van der Waals surface area (Å²) >= 11 is 0. The van der Waals surface area contributed by atoms with Crippen molar-refractivity contribution < 1.29 is 35.9 Å². The summed E-state index contributed by atoms with van der Waals surface area (Å²) < 4.78 is 75.7. The Balaban J connectivity index is 1.69. The smallest absolute Gasteiger partial charge is 0.322 e. The highest BCUT2D eigenvalue weighted by Gasteiger charge is 2.30. The maximum absolute atomic E-state index is 12.6. The maximum atomic E-state index is 12.6. The Bertz CT molecular complexity index is 1030. The molecular weight excluding hydrogens is 438 g/mol. The fourth-order valence-corrected chi connectivity index (χ4v) is 2.69. The Hall–Kier alpha value is -3.82. The van der Waals surface area contributed by atoms with Crippen LogP contribution in [0.25, 0.3) is 0 Å². The van der Waals surface area contributed by atoms with Crippen LogP contribution in [0.3, 0.4) is 0 Å². The lowest BCUT2D eigenvalue weighted by atomic mass is 10.1. The molecular formula is C22H14F6N2O2. The number of nitrogens with one attached hydrogen (secondary N) is 2. The first-order valence-electron chi connectivity index (χ1n) is 9.01. The highest BCUT2D eigenvalue weighted by atomic mass is 19.4. The number of carbonyl (C=O) groups excluding carboxylic acids is 2. The zero-order chi connectivity index (χ0) is 23.5. The lowest BCUT2D eigenvalue weighted by Crippen LogP contribution is -2.16. The van der Waals surface area contributed by atoms with Crippen LogP contribution in [-0.2, 0) is 12.4 Å². The molecule has 10 heteroatoms. The van der Waals surface area contributed by atoms with Crippen LogP contribution >= 0.6 is 0 Å². The average molecular weight is 452 g/mol. The number of amides is 2. The highest BCUT2D eigenvalue weighted by Crippen LogP contribution is 2.31. The summed E-state index contributed by atoms with van der Waals surface area (Å²) in [5.74, 6) is -1.32. The van der Waals surface area contributed by atoms with Crippen molar-refractivity contribution in [2.45, 2.75) is 12.4 Å². The van der Waals surface area contributed by atoms with E-state index in [2.05, 4.69) is 10.6 Å². The van der Waals surface area contributed by atoms with E-state index in [9.17, 15) is 35.9 Å². The van der Waals surface area contributed by atoms with Crippen molar-refractivity contribution in [1.82, 2.24) is 0 Å². The van der Waals surface area contributed by atoms with Crippen LogP contribution in [-0.4, -0.2) is 11.8 Å². The van der Waals surface area contributed by atoms with E-state index in [1.807, 2.05) is 0 Å². The van der Waals surface area contributed by atoms with Gasteiger partial charge in [0.15, 0.2) is 0 Å². The molecule has 0 saturated heterocycles. The van der Waals surface area contributed by atoms with E-state index in [4.69, 9.17) is 0 Å². The number of benzene rings is 3. The molecule has 3 rings (SSSR count). The average Bonchev–Trinajstić information content (AvgIpc) is 2.73. The molecule has 0 fully saturated rings. The number of carbonyl (C=O) groups is 2. The molecule has 2 N–H and O–H groups in total. The molecule has 0 radical (unpaired) electrons. The first kappa shape index (κ1) is 22.9. The van der Waals surface area contributed by atoms with Crippen LogP contribution in [0.2, 0.25) is 0 Å². The monoisotopic (exact) mass is 452 g/mol. The predicted molar refractivity (Wildman–Crippen MR) is 105 cm³/mol. The van der Waals surface area contributed by atoms with Gasteiger partial charge in [0, 0.05) is 22.5 Å². The van der Waals surface area contributed by atoms with E-state index < -0.39 is 35.3 Å². The molecule has 3 aromatic carbocycles. The van der Waals surface area contributed by atoms with E-state index in [1.54, 1.807) is 0 Å². The number of hydrogen-bond donors (Lipinski definition) is 2. The molecule has 4 nitrogen and oxygen atoms in total. The zero-order valence-corrected chi connectivity index (χ0v) is 16.0. The van der Waals surface area contributed by atoms with Crippen LogP contribution < -0.4 is 10.6 Å². The second kappa shape index (κ2) is 8.74. The fraction of sp³-hybridized carbons (Fsp3) is 0.0909. The summed E-state index contributed by atoms with van der Waals surface area (Å²) in [4.78, 5) is 24.8. The molecule has 0 aliphatic carbocycles. The molecule has 0 aliphatic heterocycles. The largest absolute Gasteiger partial charge is 0.416 e. The topological polar surface area (TPSA) is 58.2 Å². The molecule has 0 bridgehead atoms. The Kier molecular flexibility index (Phi) is 6.24. The molecule has 0 saturated carbocycles. The molecule has 166 valence electrons. The van der Waals surface area contributed by atoms with Gasteiger partial charge in [-0.3, -0.25) is 9.59 Å². The van der Waals surface area contributed by atoms with Crippen molar-refractivity contribution in [3.63, 3.8) is 0 Å². The minimum atomic E-state index is -4.50. The van der Waals surface area contributed by atoms with Crippen LogP contribution in [0.5, 0.6) is 0 Å². The minimum absolute atomic E-state index is 0.0602. The molecule has 32 heavy (non-hydrogen) atoms. The van der Waals surface area contributed by atoms with Crippen molar-refractivity contribution in [2.75, 3.05) is 10.6 Å². The van der Waals surface area contributed by atoms with Gasteiger partial charge in [-0.05, 0) is 66.7 Å². The zero-order valence-electron chi connectivity index (χ0n) is 16.0. The minimum Gasteiger partial charge on any atom is -0.322 e. The Labute approximate surface area is 177 Å². The molecule has 0 atom stereocenters. The summed E-state index contributed by atoms with van der Waals surface area (Å²) in [5.41, 5.74) is -1.35. The first-order valence-corrected chi connectivity index (χ1v) is 9.01. The van der Waals surface area contributed by atoms with E-state index in [1.165, 1.54) is 24.3 Å². The number of hydrogen-bond acceptors (Lipinski definition) is 2. The van der Waals surface area contributed by atoms with Gasteiger partial charge in [0.25, 0.3) is 11.8 Å². The molecule has 0 spiro atoms. The Morgan fingerprint density at radius 2 is 0.906 bits per heavy atom. The molecule has 0 heterocycles. The number of anilines is 2. The fourth-order valence-electron chi connectivity index (χ4n) is 2.69. The summed E-state index contributed by atoms with van der Waals surface area (Å²) in [6.45, 7) is 0. The van der Waals surface area contributed by atoms with Gasteiger partial charge in [-0.25, -0.2) is 0 Å². The van der Waals surface area contributed by atoms with Crippen LogP contribution in [0.1, 0.15) is 31.8 Å². The van der Waals surface area contributed by atoms with E-state index in [-0.39, 0.29) is 22.5 Å². The van der Waals surface area contributed by atoms with Gasteiger partial charge in [0.1, 0.15) is 0 Å². The van der Waals surface area contributed by atoms with Gasteiger partial charge in [0.05, 0.1) is 11.1 Å². The van der Waals surface area contributed by atoms with Crippen molar-refractivity contribution in [3.05, 3.63) is 95.1 Å². The normalized spacial score (nSPS) is 11.7. The SMILES string of the molecule is O=C(Nc1ccc(C(F)(F)F)cc1)c1cccc(C(=O)Nc2ccc(C(F)(F)F)cc2)c1. The predicted octanol–water partition coefficient (Wildman–Crippen LogP) is 6.23. The van der Waals surface area contributed by atoms with Crippen molar-refractivity contribution in [2.24, 2.45) is 0 Å². The summed E-state index contributed by atoms with van der Waals surface area (Å²) in [5, 5.41) is 4.86. The van der Waals surface area contributed by atoms with Crippen LogP contribution in [0.15, 0.2) is 72.8 Å². The summed E-state index contributed by atoms with van der Waals surface area (Å²) in [6, 6.07) is 13.2. The van der Waals surface area contributed by atoms with Crippen molar-refractivity contribution in [1.29, 1.82) is 0 Å². The lowest BCUT2D eigenvalue weighted by molar-refractivity contribution is -0.138. The van der Waals surface area contributed by atoms with Crippen molar-refractivity contribution >= 4 is 23.2 Å². The third-order valence-corrected chi connectivity index (χ3v) is 4.33. The third-order valence-electron chi connectivity index (χ3n) is 4.33. The van der Waals surface area contributed by atoms with Crippen molar-refractivity contribution in [3.8, 4) is 0 Å². The van der Waals surface area contributed by atoms with Crippen LogP contribution in [0, 0.1) is 0 Å². The lowest BCUT2D eigenvalue weighted by Gasteiger charge is -2.10. The quantitative estimate of drug-likeness (QED) is 0.461. The first-order chi connectivity index (χ1) is 14.9. The second-order valence-electron chi connectivity index (χ2n) is 6.64. The number of rotatable bonds is 4. The molecule has 2 amide bonds. The van der Waals surface area contributed by atoms with Gasteiger partial charge >= 0.3 is 12.4 Å². The van der Waals surface area contributed by atoms with E-state index in [0.29, 0.717) is 0 Å². The van der Waals surface area contributed by atoms with E-state index in [0.717, 1.165) is 48.5 Å². The van der Waals surface area contributed by atoms with Gasteiger partial charge in [-0.2, -0.15) is 26.3 Å². The van der Waals surface area contributed by atoms with Gasteiger partial charge < -0.3 is 10.6 Å². The maximum Gasteiger partial charge on any atom is 0.416 e. The molecule has 0 unspecified atom stereocenters. The van der Waals surface area contributed by atoms with Crippen LogP contribution in [0.4, 0.5) is 37.7 Å². The Morgan fingerprint density at radius 3 is 1.22 bits per heavy atom. The van der Waals surface area contributed by atoms with Gasteiger partial charge in [-0.15, -0.1) is 0 Å². The Morgan fingerprint density at radius 1 is 0.562 bits per heavy atom. The van der Waals surface area contributed by atoms with Gasteiger partial charge in [0.2, 0.25) is 0 Å². The third kappa shape index (κ3) is 5.65. The standard InChI is InChI=1S/C22H14F6N2O2/c23-21(24,25)15-4-8-17(9-5-15)29-19(31)13-2-1-3-14(12-13)20(32)30-18-10-6-16(7-11-18)22(26,27)28/h1-12H,(H,29,31)(H,30,32). The van der Waals surface area contributed by atoms with Gasteiger partial charge in [-0.1, -0.05) is 6.07 Å². The molecule has 3 aromatic rings. The number of halogens is 6. The molecule has 0 aliphatic rings. The second-order valence-corrected chi connectivity index (χ2v) is 6.64. The highest BCUT2D eigenvalue weighted by molar-refractivity contribution is 6.08. The molecule has 0 aromatic heterocycles. The van der Waals surface area contributed by atoms with E-state index >= 15 is 0 Å².